The highest BCUT2D eigenvalue weighted by Gasteiger charge is 2.88. The summed E-state index contributed by atoms with van der Waals surface area (Å²) in [6, 6.07) is 11.2. The SMILES string of the molecule is O[C@@H]1C2C3[C@H]4C[C@@H]2C2C4[C@H](I)[C@@]3(c3ccccc3)C21. The van der Waals surface area contributed by atoms with Gasteiger partial charge in [0.25, 0.3) is 0 Å². The minimum absolute atomic E-state index is 0.00923. The van der Waals surface area contributed by atoms with Gasteiger partial charge in [-0.2, -0.15) is 0 Å². The standard InChI is InChI=1S/C17H17IO/c18-16-11-9-6-8-10(11)14-15(19)12(8)13(9)17(14,16)7-4-2-1-3-5-7/h1-5,8-16,19H,6H2/t8-,9+,10?,11?,12?,13?,14?,15-,16+,17-/m1/s1. The van der Waals surface area contributed by atoms with Crippen LogP contribution in [-0.2, 0) is 5.41 Å². The van der Waals surface area contributed by atoms with Crippen molar-refractivity contribution in [3.63, 3.8) is 0 Å². The molecular weight excluding hydrogens is 347 g/mol. The number of aliphatic hydroxyl groups excluding tert-OH is 1. The lowest BCUT2D eigenvalue weighted by Gasteiger charge is -2.43. The fraction of sp³-hybridized carbons (Fsp3) is 0.647. The summed E-state index contributed by atoms with van der Waals surface area (Å²) in [4.78, 5) is 0. The first-order valence-corrected chi connectivity index (χ1v) is 8.90. The van der Waals surface area contributed by atoms with E-state index >= 15 is 0 Å². The van der Waals surface area contributed by atoms with Gasteiger partial charge in [-0.15, -0.1) is 0 Å². The van der Waals surface area contributed by atoms with Gasteiger partial charge in [-0.05, 0) is 53.4 Å². The van der Waals surface area contributed by atoms with Crippen LogP contribution in [0.2, 0.25) is 0 Å². The van der Waals surface area contributed by atoms with E-state index < -0.39 is 0 Å². The summed E-state index contributed by atoms with van der Waals surface area (Å²) in [6.07, 6.45) is 1.45. The van der Waals surface area contributed by atoms with Gasteiger partial charge in [-0.1, -0.05) is 52.9 Å². The van der Waals surface area contributed by atoms with E-state index in [4.69, 9.17) is 0 Å². The van der Waals surface area contributed by atoms with E-state index in [1.54, 1.807) is 5.56 Å². The van der Waals surface area contributed by atoms with Gasteiger partial charge >= 0.3 is 0 Å². The van der Waals surface area contributed by atoms with Crippen LogP contribution in [0.4, 0.5) is 0 Å². The molecule has 1 aromatic rings. The molecule has 6 aliphatic carbocycles. The number of alkyl halides is 1. The number of hydrogen-bond donors (Lipinski definition) is 1. The lowest BCUT2D eigenvalue weighted by Crippen LogP contribution is -2.43. The van der Waals surface area contributed by atoms with Crippen molar-refractivity contribution in [2.45, 2.75) is 21.9 Å². The molecule has 1 nitrogen and oxygen atoms in total. The van der Waals surface area contributed by atoms with Crippen molar-refractivity contribution in [2.24, 2.45) is 41.4 Å². The second-order valence-electron chi connectivity index (χ2n) is 7.54. The Morgan fingerprint density at radius 2 is 1.79 bits per heavy atom. The molecule has 6 bridgehead atoms. The van der Waals surface area contributed by atoms with Crippen molar-refractivity contribution in [1.29, 1.82) is 0 Å². The van der Waals surface area contributed by atoms with Crippen LogP contribution in [0.1, 0.15) is 12.0 Å². The molecule has 0 spiro atoms. The van der Waals surface area contributed by atoms with E-state index in [1.807, 2.05) is 0 Å². The van der Waals surface area contributed by atoms with Crippen LogP contribution in [0.25, 0.3) is 0 Å². The smallest absolute Gasteiger partial charge is 0.0614 e. The lowest BCUT2D eigenvalue weighted by molar-refractivity contribution is 0.103. The maximum absolute atomic E-state index is 10.8. The van der Waals surface area contributed by atoms with E-state index in [0.717, 1.165) is 33.5 Å². The van der Waals surface area contributed by atoms with Gasteiger partial charge in [-0.3, -0.25) is 0 Å². The third-order valence-electron chi connectivity index (χ3n) is 7.70. The van der Waals surface area contributed by atoms with Crippen molar-refractivity contribution in [3.8, 4) is 0 Å². The summed E-state index contributed by atoms with van der Waals surface area (Å²) in [6.45, 7) is 0. The molecule has 6 aliphatic rings. The first-order valence-electron chi connectivity index (χ1n) is 7.65. The van der Waals surface area contributed by atoms with Crippen LogP contribution >= 0.6 is 22.6 Å². The fourth-order valence-corrected chi connectivity index (χ4v) is 10.1. The first-order chi connectivity index (χ1) is 9.28. The van der Waals surface area contributed by atoms with E-state index in [-0.39, 0.29) is 6.10 Å². The topological polar surface area (TPSA) is 20.2 Å². The third-order valence-corrected chi connectivity index (χ3v) is 9.56. The number of benzene rings is 1. The molecule has 0 radical (unpaired) electrons. The monoisotopic (exact) mass is 364 g/mol. The van der Waals surface area contributed by atoms with Gasteiger partial charge in [0, 0.05) is 9.34 Å². The normalized spacial score (nSPS) is 65.9. The Labute approximate surface area is 126 Å². The van der Waals surface area contributed by atoms with Crippen LogP contribution in [-0.4, -0.2) is 15.1 Å². The lowest BCUT2D eigenvalue weighted by atomic mass is 9.61. The van der Waals surface area contributed by atoms with Crippen LogP contribution in [0.3, 0.4) is 0 Å². The third kappa shape index (κ3) is 0.787. The Morgan fingerprint density at radius 3 is 2.58 bits per heavy atom. The Bertz CT molecular complexity index is 582. The van der Waals surface area contributed by atoms with Gasteiger partial charge in [0.05, 0.1) is 6.10 Å². The highest BCUT2D eigenvalue weighted by atomic mass is 127. The number of rotatable bonds is 1. The van der Waals surface area contributed by atoms with Crippen molar-refractivity contribution >= 4 is 22.6 Å². The molecule has 1 N–H and O–H groups in total. The molecule has 98 valence electrons. The molecule has 0 amide bonds. The van der Waals surface area contributed by atoms with Gasteiger partial charge in [0.15, 0.2) is 0 Å². The predicted octanol–water partition coefficient (Wildman–Crippen LogP) is 2.86. The van der Waals surface area contributed by atoms with Crippen molar-refractivity contribution in [1.82, 2.24) is 0 Å². The maximum Gasteiger partial charge on any atom is 0.0614 e. The summed E-state index contributed by atoms with van der Waals surface area (Å²) in [5.41, 5.74) is 1.88. The highest BCUT2D eigenvalue weighted by molar-refractivity contribution is 14.1. The molecule has 0 saturated heterocycles. The summed E-state index contributed by atoms with van der Waals surface area (Å²) in [5, 5.41) is 10.8. The molecule has 5 unspecified atom stereocenters. The van der Waals surface area contributed by atoms with E-state index in [0.29, 0.717) is 17.3 Å². The number of halogens is 1. The van der Waals surface area contributed by atoms with E-state index in [9.17, 15) is 5.11 Å². The van der Waals surface area contributed by atoms with Gasteiger partial charge in [-0.25, -0.2) is 0 Å². The Hall–Kier alpha value is -0.0900. The first kappa shape index (κ1) is 10.6. The number of aliphatic hydroxyl groups is 1. The zero-order valence-electron chi connectivity index (χ0n) is 10.6. The van der Waals surface area contributed by atoms with Crippen LogP contribution in [0.5, 0.6) is 0 Å². The van der Waals surface area contributed by atoms with E-state index in [1.165, 1.54) is 6.42 Å². The molecule has 7 rings (SSSR count). The minimum Gasteiger partial charge on any atom is -0.392 e. The molecule has 0 aliphatic heterocycles. The Balaban J connectivity index is 1.68. The minimum atomic E-state index is 0.00923. The van der Waals surface area contributed by atoms with Gasteiger partial charge < -0.3 is 5.11 Å². The molecule has 10 atom stereocenters. The summed E-state index contributed by atoms with van der Waals surface area (Å²) in [7, 11) is 0. The average molecular weight is 364 g/mol. The van der Waals surface area contributed by atoms with Crippen LogP contribution in [0, 0.1) is 41.4 Å². The molecule has 0 aromatic heterocycles. The fourth-order valence-electron chi connectivity index (χ4n) is 7.85. The predicted molar refractivity (Wildman–Crippen MR) is 81.0 cm³/mol. The summed E-state index contributed by atoms with van der Waals surface area (Å²) < 4.78 is 0.768. The maximum atomic E-state index is 10.8. The summed E-state index contributed by atoms with van der Waals surface area (Å²) in [5.74, 6) is 5.65. The average Bonchev–Trinajstić information content (AvgIpc) is 3.15. The van der Waals surface area contributed by atoms with Crippen LogP contribution < -0.4 is 0 Å². The molecule has 2 heteroatoms. The molecule has 6 saturated carbocycles. The molecule has 19 heavy (non-hydrogen) atoms. The zero-order chi connectivity index (χ0) is 12.5. The van der Waals surface area contributed by atoms with Gasteiger partial charge in [0.1, 0.15) is 0 Å². The molecule has 1 aromatic carbocycles. The Kier molecular flexibility index (Phi) is 1.63. The zero-order valence-corrected chi connectivity index (χ0v) is 12.8. The summed E-state index contributed by atoms with van der Waals surface area (Å²) >= 11 is 2.76. The van der Waals surface area contributed by atoms with Crippen molar-refractivity contribution < 1.29 is 5.11 Å². The second kappa shape index (κ2) is 2.92. The van der Waals surface area contributed by atoms with Crippen molar-refractivity contribution in [2.75, 3.05) is 0 Å². The highest BCUT2D eigenvalue weighted by Crippen LogP contribution is 2.88. The molecular formula is C17H17IO. The quantitative estimate of drug-likeness (QED) is 0.600. The van der Waals surface area contributed by atoms with E-state index in [2.05, 4.69) is 52.9 Å². The second-order valence-corrected chi connectivity index (χ2v) is 8.88. The molecule has 6 fully saturated rings. The number of hydrogen-bond acceptors (Lipinski definition) is 1. The van der Waals surface area contributed by atoms with Crippen molar-refractivity contribution in [3.05, 3.63) is 35.9 Å². The van der Waals surface area contributed by atoms with Gasteiger partial charge in [0.2, 0.25) is 0 Å². The van der Waals surface area contributed by atoms with Crippen LogP contribution in [0.15, 0.2) is 30.3 Å². The Morgan fingerprint density at radius 1 is 1.00 bits per heavy atom. The molecule has 0 heterocycles. The largest absolute Gasteiger partial charge is 0.392 e.